The second-order valence-electron chi connectivity index (χ2n) is 5.03. The van der Waals surface area contributed by atoms with Gasteiger partial charge in [-0.15, -0.1) is 0 Å². The quantitative estimate of drug-likeness (QED) is 0.689. The Bertz CT molecular complexity index is 311. The summed E-state index contributed by atoms with van der Waals surface area (Å²) < 4.78 is 0. The van der Waals surface area contributed by atoms with Crippen LogP contribution in [0.5, 0.6) is 0 Å². The summed E-state index contributed by atoms with van der Waals surface area (Å²) in [5.41, 5.74) is 5.95. The standard InChI is InChI=1S/C12H21N3O2/c1-9(16)14-5-7-15(8-6-14)12(17)10-3-2-4-11(10)13/h10-11H,2-8,13H2,1H3/t10-,11+/m0/s1. The second-order valence-corrected chi connectivity index (χ2v) is 5.03. The SMILES string of the molecule is CC(=O)N1CCN(C(=O)[C@H]2CCC[C@H]2N)CC1. The summed E-state index contributed by atoms with van der Waals surface area (Å²) in [6.07, 6.45) is 2.95. The van der Waals surface area contributed by atoms with Gasteiger partial charge in [0.1, 0.15) is 0 Å². The van der Waals surface area contributed by atoms with Crippen molar-refractivity contribution in [3.05, 3.63) is 0 Å². The molecular weight excluding hydrogens is 218 g/mol. The fraction of sp³-hybridized carbons (Fsp3) is 0.833. The minimum atomic E-state index is 0.0129. The van der Waals surface area contributed by atoms with Crippen molar-refractivity contribution in [3.8, 4) is 0 Å². The minimum Gasteiger partial charge on any atom is -0.339 e. The molecule has 0 unspecified atom stereocenters. The third-order valence-electron chi connectivity index (χ3n) is 3.92. The summed E-state index contributed by atoms with van der Waals surface area (Å²) in [5.74, 6) is 0.298. The van der Waals surface area contributed by atoms with Crippen LogP contribution in [-0.4, -0.2) is 53.8 Å². The molecule has 0 aromatic heterocycles. The molecule has 1 aliphatic heterocycles. The molecule has 0 bridgehead atoms. The number of nitrogens with two attached hydrogens (primary N) is 1. The molecule has 96 valence electrons. The van der Waals surface area contributed by atoms with E-state index in [2.05, 4.69) is 0 Å². The Morgan fingerprint density at radius 3 is 2.12 bits per heavy atom. The number of nitrogens with zero attached hydrogens (tertiary/aromatic N) is 2. The molecule has 2 rings (SSSR count). The number of rotatable bonds is 1. The average Bonchev–Trinajstić information content (AvgIpc) is 2.74. The molecule has 2 amide bonds. The van der Waals surface area contributed by atoms with E-state index in [1.54, 1.807) is 11.8 Å². The van der Waals surface area contributed by atoms with Crippen molar-refractivity contribution < 1.29 is 9.59 Å². The van der Waals surface area contributed by atoms with E-state index in [0.717, 1.165) is 19.3 Å². The molecule has 0 aromatic rings. The summed E-state index contributed by atoms with van der Waals surface area (Å²) in [6.45, 7) is 4.19. The van der Waals surface area contributed by atoms with Gasteiger partial charge in [0.2, 0.25) is 11.8 Å². The Labute approximate surface area is 102 Å². The van der Waals surface area contributed by atoms with Gasteiger partial charge in [0, 0.05) is 39.1 Å². The van der Waals surface area contributed by atoms with Crippen LogP contribution in [0.3, 0.4) is 0 Å². The van der Waals surface area contributed by atoms with Crippen LogP contribution in [0.1, 0.15) is 26.2 Å². The normalized spacial score (nSPS) is 29.5. The topological polar surface area (TPSA) is 66.6 Å². The van der Waals surface area contributed by atoms with Gasteiger partial charge in [-0.05, 0) is 12.8 Å². The predicted molar refractivity (Wildman–Crippen MR) is 64.2 cm³/mol. The van der Waals surface area contributed by atoms with E-state index in [1.165, 1.54) is 0 Å². The summed E-state index contributed by atoms with van der Waals surface area (Å²) in [6, 6.07) is 0.0355. The maximum absolute atomic E-state index is 12.2. The van der Waals surface area contributed by atoms with Crippen LogP contribution in [-0.2, 0) is 9.59 Å². The van der Waals surface area contributed by atoms with Crippen LogP contribution in [0.15, 0.2) is 0 Å². The molecule has 0 aromatic carbocycles. The molecule has 5 heteroatoms. The van der Waals surface area contributed by atoms with Gasteiger partial charge >= 0.3 is 0 Å². The maximum atomic E-state index is 12.2. The third kappa shape index (κ3) is 2.60. The highest BCUT2D eigenvalue weighted by atomic mass is 16.2. The van der Waals surface area contributed by atoms with E-state index < -0.39 is 0 Å². The summed E-state index contributed by atoms with van der Waals surface area (Å²) in [4.78, 5) is 27.1. The van der Waals surface area contributed by atoms with Crippen molar-refractivity contribution in [2.75, 3.05) is 26.2 Å². The van der Waals surface area contributed by atoms with Gasteiger partial charge in [0.05, 0.1) is 5.92 Å². The fourth-order valence-corrected chi connectivity index (χ4v) is 2.77. The van der Waals surface area contributed by atoms with Crippen LogP contribution < -0.4 is 5.73 Å². The van der Waals surface area contributed by atoms with Crippen LogP contribution in [0, 0.1) is 5.92 Å². The number of carbonyl (C=O) groups excluding carboxylic acids is 2. The smallest absolute Gasteiger partial charge is 0.227 e. The van der Waals surface area contributed by atoms with E-state index >= 15 is 0 Å². The van der Waals surface area contributed by atoms with Crippen molar-refractivity contribution in [1.29, 1.82) is 0 Å². The lowest BCUT2D eigenvalue weighted by Crippen LogP contribution is -2.52. The van der Waals surface area contributed by atoms with Crippen molar-refractivity contribution >= 4 is 11.8 Å². The van der Waals surface area contributed by atoms with Crippen LogP contribution in [0.4, 0.5) is 0 Å². The Balaban J connectivity index is 1.88. The van der Waals surface area contributed by atoms with Gasteiger partial charge in [0.25, 0.3) is 0 Å². The lowest BCUT2D eigenvalue weighted by atomic mass is 10.0. The number of hydrogen-bond donors (Lipinski definition) is 1. The van der Waals surface area contributed by atoms with Gasteiger partial charge < -0.3 is 15.5 Å². The lowest BCUT2D eigenvalue weighted by molar-refractivity contribution is -0.141. The molecule has 2 N–H and O–H groups in total. The second kappa shape index (κ2) is 5.04. The number of hydrogen-bond acceptors (Lipinski definition) is 3. The average molecular weight is 239 g/mol. The highest BCUT2D eigenvalue weighted by Gasteiger charge is 2.34. The van der Waals surface area contributed by atoms with Crippen molar-refractivity contribution in [2.24, 2.45) is 11.7 Å². The molecule has 0 radical (unpaired) electrons. The monoisotopic (exact) mass is 239 g/mol. The molecule has 1 heterocycles. The zero-order valence-electron chi connectivity index (χ0n) is 10.4. The summed E-state index contributed by atoms with van der Waals surface area (Å²) >= 11 is 0. The third-order valence-corrected chi connectivity index (χ3v) is 3.92. The van der Waals surface area contributed by atoms with Crippen molar-refractivity contribution in [1.82, 2.24) is 9.80 Å². The highest BCUT2D eigenvalue weighted by Crippen LogP contribution is 2.26. The van der Waals surface area contributed by atoms with E-state index in [9.17, 15) is 9.59 Å². The molecular formula is C12H21N3O2. The van der Waals surface area contributed by atoms with Gasteiger partial charge in [-0.3, -0.25) is 9.59 Å². The molecule has 0 spiro atoms. The van der Waals surface area contributed by atoms with Crippen molar-refractivity contribution in [3.63, 3.8) is 0 Å². The molecule has 1 saturated carbocycles. The Morgan fingerprint density at radius 2 is 1.65 bits per heavy atom. The Hall–Kier alpha value is -1.10. The van der Waals surface area contributed by atoms with E-state index in [0.29, 0.717) is 26.2 Å². The van der Waals surface area contributed by atoms with Gasteiger partial charge in [-0.1, -0.05) is 6.42 Å². The van der Waals surface area contributed by atoms with Crippen LogP contribution in [0.2, 0.25) is 0 Å². The highest BCUT2D eigenvalue weighted by molar-refractivity contribution is 5.80. The molecule has 17 heavy (non-hydrogen) atoms. The van der Waals surface area contributed by atoms with Crippen molar-refractivity contribution in [2.45, 2.75) is 32.2 Å². The zero-order valence-corrected chi connectivity index (χ0v) is 10.4. The van der Waals surface area contributed by atoms with Crippen LogP contribution >= 0.6 is 0 Å². The lowest BCUT2D eigenvalue weighted by Gasteiger charge is -2.36. The Morgan fingerprint density at radius 1 is 1.06 bits per heavy atom. The first-order valence-corrected chi connectivity index (χ1v) is 6.39. The van der Waals surface area contributed by atoms with E-state index in [-0.39, 0.29) is 23.8 Å². The van der Waals surface area contributed by atoms with Gasteiger partial charge in [0.15, 0.2) is 0 Å². The Kier molecular flexibility index (Phi) is 3.66. The first-order valence-electron chi connectivity index (χ1n) is 6.39. The summed E-state index contributed by atoms with van der Waals surface area (Å²) in [5, 5.41) is 0. The molecule has 2 fully saturated rings. The number of carbonyl (C=O) groups is 2. The molecule has 5 nitrogen and oxygen atoms in total. The minimum absolute atomic E-state index is 0.0129. The first-order chi connectivity index (χ1) is 8.09. The van der Waals surface area contributed by atoms with Crippen LogP contribution in [0.25, 0.3) is 0 Å². The number of amides is 2. The fourth-order valence-electron chi connectivity index (χ4n) is 2.77. The van der Waals surface area contributed by atoms with Gasteiger partial charge in [-0.25, -0.2) is 0 Å². The van der Waals surface area contributed by atoms with E-state index in [4.69, 9.17) is 5.73 Å². The zero-order chi connectivity index (χ0) is 12.4. The summed E-state index contributed by atoms with van der Waals surface area (Å²) in [7, 11) is 0. The van der Waals surface area contributed by atoms with Gasteiger partial charge in [-0.2, -0.15) is 0 Å². The molecule has 1 aliphatic carbocycles. The number of piperazine rings is 1. The first kappa shape index (κ1) is 12.4. The van der Waals surface area contributed by atoms with E-state index in [1.807, 2.05) is 4.90 Å². The molecule has 2 aliphatic rings. The molecule has 2 atom stereocenters. The molecule has 1 saturated heterocycles. The maximum Gasteiger partial charge on any atom is 0.227 e. The predicted octanol–water partition coefficient (Wildman–Crippen LogP) is -0.195. The largest absolute Gasteiger partial charge is 0.339 e.